The molecule has 1 aliphatic rings. The van der Waals surface area contributed by atoms with Crippen LogP contribution >= 0.6 is 11.3 Å². The van der Waals surface area contributed by atoms with Crippen molar-refractivity contribution in [1.29, 1.82) is 0 Å². The van der Waals surface area contributed by atoms with Crippen LogP contribution in [-0.2, 0) is 16.0 Å². The number of rotatable bonds is 11. The van der Waals surface area contributed by atoms with E-state index in [9.17, 15) is 13.6 Å². The summed E-state index contributed by atoms with van der Waals surface area (Å²) in [6.45, 7) is -1.00. The Labute approximate surface area is 205 Å². The summed E-state index contributed by atoms with van der Waals surface area (Å²) < 4.78 is 34.7. The first-order chi connectivity index (χ1) is 17.0. The van der Waals surface area contributed by atoms with Crippen molar-refractivity contribution in [2.75, 3.05) is 30.4 Å². The van der Waals surface area contributed by atoms with Gasteiger partial charge in [-0.25, -0.2) is 0 Å². The zero-order valence-corrected chi connectivity index (χ0v) is 20.0. The lowest BCUT2D eigenvalue weighted by molar-refractivity contribution is -0.126. The first-order valence-corrected chi connectivity index (χ1v) is 12.1. The van der Waals surface area contributed by atoms with Crippen LogP contribution in [0, 0.1) is 5.92 Å². The van der Waals surface area contributed by atoms with E-state index in [-0.39, 0.29) is 5.75 Å². The molecule has 9 nitrogen and oxygen atoms in total. The molecule has 0 spiro atoms. The van der Waals surface area contributed by atoms with Gasteiger partial charge < -0.3 is 14.4 Å². The summed E-state index contributed by atoms with van der Waals surface area (Å²) in [5.41, 5.74) is 0.389. The van der Waals surface area contributed by atoms with Gasteiger partial charge in [-0.15, -0.1) is 15.3 Å². The van der Waals surface area contributed by atoms with Gasteiger partial charge in [-0.3, -0.25) is 10.1 Å². The van der Waals surface area contributed by atoms with Crippen molar-refractivity contribution in [1.82, 2.24) is 20.4 Å². The van der Waals surface area contributed by atoms with Crippen LogP contribution in [0.2, 0.25) is 0 Å². The number of halogens is 2. The number of carbonyl (C=O) groups excluding carboxylic acids is 1. The molecule has 0 aliphatic carbocycles. The Morgan fingerprint density at radius 1 is 1.26 bits per heavy atom. The summed E-state index contributed by atoms with van der Waals surface area (Å²) in [6.07, 6.45) is 4.60. The monoisotopic (exact) mass is 504 g/mol. The standard InChI is InChI=1S/C23H26F2N6O3S/c1-33-20(16-6-3-7-17(13-16)34-22(24)25)21(32)27-23-30-29-19(35-23)9-2-5-15-10-12-31(14-15)18-8-4-11-26-28-18/h3-4,6-8,11,13,15,20,22H,2,5,9-10,12,14H2,1H3,(H,27,30,32)/t15-,20-/m1/s1. The van der Waals surface area contributed by atoms with Crippen LogP contribution in [0.5, 0.6) is 5.75 Å². The largest absolute Gasteiger partial charge is 0.435 e. The Hall–Kier alpha value is -3.25. The molecule has 186 valence electrons. The molecule has 1 aliphatic heterocycles. The third-order valence-electron chi connectivity index (χ3n) is 5.73. The number of hydrogen-bond donors (Lipinski definition) is 1. The number of methoxy groups -OCH3 is 1. The van der Waals surface area contributed by atoms with Crippen molar-refractivity contribution in [2.45, 2.75) is 38.4 Å². The topological polar surface area (TPSA) is 102 Å². The molecule has 0 radical (unpaired) electrons. The van der Waals surface area contributed by atoms with Gasteiger partial charge in [0.15, 0.2) is 11.9 Å². The smallest absolute Gasteiger partial charge is 0.387 e. The molecule has 1 amide bonds. The van der Waals surface area contributed by atoms with E-state index in [0.717, 1.165) is 49.6 Å². The van der Waals surface area contributed by atoms with Crippen molar-refractivity contribution in [3.05, 3.63) is 53.2 Å². The van der Waals surface area contributed by atoms with Gasteiger partial charge in [0.1, 0.15) is 10.8 Å². The van der Waals surface area contributed by atoms with Gasteiger partial charge in [0.2, 0.25) is 5.13 Å². The normalized spacial score (nSPS) is 16.5. The van der Waals surface area contributed by atoms with Crippen LogP contribution < -0.4 is 15.0 Å². The highest BCUT2D eigenvalue weighted by molar-refractivity contribution is 7.15. The average Bonchev–Trinajstić information content (AvgIpc) is 3.50. The van der Waals surface area contributed by atoms with E-state index in [2.05, 4.69) is 35.3 Å². The quantitative estimate of drug-likeness (QED) is 0.416. The number of carbonyl (C=O) groups is 1. The third kappa shape index (κ3) is 6.89. The summed E-state index contributed by atoms with van der Waals surface area (Å²) in [7, 11) is 1.37. The Balaban J connectivity index is 1.25. The average molecular weight is 505 g/mol. The van der Waals surface area contributed by atoms with Crippen LogP contribution in [0.25, 0.3) is 0 Å². The summed E-state index contributed by atoms with van der Waals surface area (Å²) in [5.74, 6) is 0.991. The summed E-state index contributed by atoms with van der Waals surface area (Å²) in [6, 6.07) is 9.73. The molecule has 1 N–H and O–H groups in total. The maximum atomic E-state index is 12.7. The van der Waals surface area contributed by atoms with Crippen LogP contribution in [0.1, 0.15) is 35.9 Å². The van der Waals surface area contributed by atoms with E-state index < -0.39 is 18.6 Å². The molecule has 35 heavy (non-hydrogen) atoms. The zero-order valence-electron chi connectivity index (χ0n) is 19.1. The van der Waals surface area contributed by atoms with Crippen molar-refractivity contribution in [2.24, 2.45) is 5.92 Å². The predicted molar refractivity (Wildman–Crippen MR) is 127 cm³/mol. The van der Waals surface area contributed by atoms with Crippen LogP contribution in [0.4, 0.5) is 19.7 Å². The fraction of sp³-hybridized carbons (Fsp3) is 0.435. The van der Waals surface area contributed by atoms with E-state index in [4.69, 9.17) is 4.74 Å². The fourth-order valence-corrected chi connectivity index (χ4v) is 4.89. The second kappa shape index (κ2) is 11.9. The number of ether oxygens (including phenoxy) is 2. The summed E-state index contributed by atoms with van der Waals surface area (Å²) >= 11 is 1.31. The lowest BCUT2D eigenvalue weighted by Gasteiger charge is -2.16. The highest BCUT2D eigenvalue weighted by Gasteiger charge is 2.24. The Kier molecular flexibility index (Phi) is 8.48. The zero-order chi connectivity index (χ0) is 24.6. The number of nitrogens with one attached hydrogen (secondary N) is 1. The van der Waals surface area contributed by atoms with E-state index in [0.29, 0.717) is 16.6 Å². The van der Waals surface area contributed by atoms with Gasteiger partial charge in [0.05, 0.1) is 0 Å². The van der Waals surface area contributed by atoms with Crippen LogP contribution in [0.15, 0.2) is 42.6 Å². The highest BCUT2D eigenvalue weighted by Crippen LogP contribution is 2.27. The van der Waals surface area contributed by atoms with Crippen molar-refractivity contribution < 1.29 is 23.0 Å². The van der Waals surface area contributed by atoms with E-state index in [1.165, 1.54) is 36.6 Å². The lowest BCUT2D eigenvalue weighted by atomic mass is 10.0. The predicted octanol–water partition coefficient (Wildman–Crippen LogP) is 4.10. The first kappa shape index (κ1) is 24.9. The Bertz CT molecular complexity index is 1100. The Morgan fingerprint density at radius 3 is 2.91 bits per heavy atom. The molecule has 3 heterocycles. The molecule has 4 rings (SSSR count). The van der Waals surface area contributed by atoms with Crippen LogP contribution in [0.3, 0.4) is 0 Å². The van der Waals surface area contributed by atoms with Gasteiger partial charge in [-0.1, -0.05) is 23.5 Å². The van der Waals surface area contributed by atoms with Gasteiger partial charge in [-0.05, 0) is 55.0 Å². The number of alkyl halides is 2. The number of nitrogens with zero attached hydrogens (tertiary/aromatic N) is 5. The third-order valence-corrected chi connectivity index (χ3v) is 6.63. The van der Waals surface area contributed by atoms with Gasteiger partial charge >= 0.3 is 6.61 Å². The number of anilines is 2. The second-order valence-corrected chi connectivity index (χ2v) is 9.19. The molecule has 1 saturated heterocycles. The maximum absolute atomic E-state index is 12.7. The molecular formula is C23H26F2N6O3S. The number of benzene rings is 1. The molecule has 2 atom stereocenters. The fourth-order valence-electron chi connectivity index (χ4n) is 4.10. The minimum Gasteiger partial charge on any atom is -0.435 e. The SMILES string of the molecule is CO[C@@H](C(=O)Nc1nnc(CCC[C@@H]2CCN(c3cccnn3)C2)s1)c1cccc(OC(F)F)c1. The molecule has 0 saturated carbocycles. The van der Waals surface area contributed by atoms with Crippen molar-refractivity contribution in [3.8, 4) is 5.75 Å². The van der Waals surface area contributed by atoms with E-state index >= 15 is 0 Å². The van der Waals surface area contributed by atoms with Crippen molar-refractivity contribution >= 4 is 28.2 Å². The molecule has 1 fully saturated rings. The molecule has 12 heteroatoms. The van der Waals surface area contributed by atoms with Gasteiger partial charge in [-0.2, -0.15) is 13.9 Å². The van der Waals surface area contributed by atoms with Gasteiger partial charge in [0, 0.05) is 32.8 Å². The molecule has 0 unspecified atom stereocenters. The lowest BCUT2D eigenvalue weighted by Crippen LogP contribution is -2.22. The summed E-state index contributed by atoms with van der Waals surface area (Å²) in [5, 5.41) is 20.3. The summed E-state index contributed by atoms with van der Waals surface area (Å²) in [4.78, 5) is 15.0. The Morgan fingerprint density at radius 2 is 2.14 bits per heavy atom. The first-order valence-electron chi connectivity index (χ1n) is 11.3. The molecule has 3 aromatic rings. The highest BCUT2D eigenvalue weighted by atomic mass is 32.1. The van der Waals surface area contributed by atoms with E-state index in [1.807, 2.05) is 12.1 Å². The van der Waals surface area contributed by atoms with Gasteiger partial charge in [0.25, 0.3) is 5.91 Å². The number of aryl methyl sites for hydroxylation is 1. The van der Waals surface area contributed by atoms with E-state index in [1.54, 1.807) is 12.3 Å². The molecule has 0 bridgehead atoms. The van der Waals surface area contributed by atoms with Crippen LogP contribution in [-0.4, -0.2) is 53.1 Å². The number of amides is 1. The minimum atomic E-state index is -2.95. The second-order valence-electron chi connectivity index (χ2n) is 8.13. The molecule has 1 aromatic carbocycles. The minimum absolute atomic E-state index is 0.0485. The molecule has 2 aromatic heterocycles. The number of aromatic nitrogens is 4. The molecular weight excluding hydrogens is 478 g/mol. The maximum Gasteiger partial charge on any atom is 0.387 e. The number of hydrogen-bond acceptors (Lipinski definition) is 9. The van der Waals surface area contributed by atoms with Crippen molar-refractivity contribution in [3.63, 3.8) is 0 Å².